The van der Waals surface area contributed by atoms with Gasteiger partial charge in [-0.1, -0.05) is 0 Å². The predicted octanol–water partition coefficient (Wildman–Crippen LogP) is -0.342. The number of rotatable bonds is 1. The van der Waals surface area contributed by atoms with Crippen molar-refractivity contribution in [1.29, 1.82) is 0 Å². The molecule has 0 fully saturated rings. The fourth-order valence-electron chi connectivity index (χ4n) is 0.827. The summed E-state index contributed by atoms with van der Waals surface area (Å²) in [6, 6.07) is -0.354. The monoisotopic (exact) mass is 156 g/mol. The van der Waals surface area contributed by atoms with Gasteiger partial charge >= 0.3 is 12.0 Å². The molecule has 3 N–H and O–H groups in total. The fraction of sp³-hybridized carbons (Fsp3) is 0.333. The van der Waals surface area contributed by atoms with Gasteiger partial charge in [0, 0.05) is 5.70 Å². The molecule has 0 radical (unpaired) electrons. The minimum absolute atomic E-state index is 0.0903. The molecule has 0 aromatic rings. The molecule has 0 atom stereocenters. The summed E-state index contributed by atoms with van der Waals surface area (Å²) >= 11 is 0. The quantitative estimate of drug-likeness (QED) is 0.486. The lowest BCUT2D eigenvalue weighted by Gasteiger charge is -2.16. The van der Waals surface area contributed by atoms with Gasteiger partial charge in [-0.3, -0.25) is 0 Å². The minimum atomic E-state index is -1.00. The summed E-state index contributed by atoms with van der Waals surface area (Å²) in [6.45, 7) is 1.65. The number of urea groups is 1. The highest BCUT2D eigenvalue weighted by Crippen LogP contribution is 2.03. The van der Waals surface area contributed by atoms with Crippen molar-refractivity contribution >= 4 is 12.0 Å². The molecule has 0 saturated heterocycles. The van der Waals surface area contributed by atoms with Crippen LogP contribution in [0.1, 0.15) is 6.92 Å². The number of carbonyl (C=O) groups excluding carboxylic acids is 1. The summed E-state index contributed by atoms with van der Waals surface area (Å²) in [6.07, 6.45) is 0. The van der Waals surface area contributed by atoms with Crippen molar-refractivity contribution in [2.75, 3.05) is 6.54 Å². The highest BCUT2D eigenvalue weighted by molar-refractivity contribution is 5.92. The molecule has 0 spiro atoms. The van der Waals surface area contributed by atoms with Crippen LogP contribution in [-0.4, -0.2) is 23.7 Å². The van der Waals surface area contributed by atoms with Gasteiger partial charge in [0.05, 0.1) is 12.1 Å². The number of amides is 2. The summed E-state index contributed by atoms with van der Waals surface area (Å²) in [5.74, 6) is -1.00. The zero-order chi connectivity index (χ0) is 8.43. The number of aliphatic carboxylic acids is 1. The molecule has 1 aliphatic rings. The van der Waals surface area contributed by atoms with E-state index < -0.39 is 5.97 Å². The van der Waals surface area contributed by atoms with E-state index in [-0.39, 0.29) is 18.1 Å². The maximum absolute atomic E-state index is 10.6. The average molecular weight is 156 g/mol. The fourth-order valence-corrected chi connectivity index (χ4v) is 0.827. The average Bonchev–Trinajstić information content (AvgIpc) is 1.85. The Balaban J connectivity index is 2.86. The van der Waals surface area contributed by atoms with E-state index in [4.69, 9.17) is 5.11 Å². The molecule has 5 nitrogen and oxygen atoms in total. The van der Waals surface area contributed by atoms with Gasteiger partial charge in [0.1, 0.15) is 0 Å². The van der Waals surface area contributed by atoms with Crippen LogP contribution in [0.3, 0.4) is 0 Å². The molecule has 1 rings (SSSR count). The molecule has 1 aliphatic heterocycles. The summed E-state index contributed by atoms with van der Waals surface area (Å²) in [4.78, 5) is 21.0. The summed E-state index contributed by atoms with van der Waals surface area (Å²) < 4.78 is 0. The summed E-state index contributed by atoms with van der Waals surface area (Å²) in [7, 11) is 0. The Morgan fingerprint density at radius 2 is 2.27 bits per heavy atom. The van der Waals surface area contributed by atoms with Gasteiger partial charge in [0.15, 0.2) is 0 Å². The van der Waals surface area contributed by atoms with Crippen LogP contribution in [0.25, 0.3) is 0 Å². The molecule has 1 heterocycles. The number of nitrogens with one attached hydrogen (secondary N) is 2. The second-order valence-corrected chi connectivity index (χ2v) is 2.22. The Hall–Kier alpha value is -1.52. The van der Waals surface area contributed by atoms with Crippen molar-refractivity contribution in [1.82, 2.24) is 10.6 Å². The molecule has 0 unspecified atom stereocenters. The Labute approximate surface area is 63.1 Å². The standard InChI is InChI=1S/C6H8N2O3/c1-3-4(5(9)10)2-7-6(11)8-3/h2H2,1H3,(H,9,10)(H2,7,8,11). The van der Waals surface area contributed by atoms with E-state index in [0.29, 0.717) is 5.70 Å². The summed E-state index contributed by atoms with van der Waals surface area (Å²) in [5, 5.41) is 13.3. The minimum Gasteiger partial charge on any atom is -0.478 e. The molecule has 0 aromatic heterocycles. The van der Waals surface area contributed by atoms with Crippen molar-refractivity contribution in [3.8, 4) is 0 Å². The van der Waals surface area contributed by atoms with E-state index in [1.165, 1.54) is 0 Å². The van der Waals surface area contributed by atoms with Crippen molar-refractivity contribution < 1.29 is 14.7 Å². The molecule has 60 valence electrons. The van der Waals surface area contributed by atoms with Gasteiger partial charge in [-0.15, -0.1) is 0 Å². The van der Waals surface area contributed by atoms with Gasteiger partial charge < -0.3 is 15.7 Å². The second-order valence-electron chi connectivity index (χ2n) is 2.22. The number of hydrogen-bond donors (Lipinski definition) is 3. The third kappa shape index (κ3) is 1.49. The van der Waals surface area contributed by atoms with E-state index in [2.05, 4.69) is 10.6 Å². The van der Waals surface area contributed by atoms with Crippen molar-refractivity contribution in [3.63, 3.8) is 0 Å². The van der Waals surface area contributed by atoms with Crippen LogP contribution in [0, 0.1) is 0 Å². The molecule has 0 aromatic carbocycles. The van der Waals surface area contributed by atoms with Gasteiger partial charge in [-0.2, -0.15) is 0 Å². The van der Waals surface area contributed by atoms with E-state index in [1.807, 2.05) is 0 Å². The Bertz CT molecular complexity index is 244. The lowest BCUT2D eigenvalue weighted by molar-refractivity contribution is -0.132. The predicted molar refractivity (Wildman–Crippen MR) is 36.9 cm³/mol. The molecule has 0 aliphatic carbocycles. The van der Waals surface area contributed by atoms with Gasteiger partial charge in [-0.25, -0.2) is 9.59 Å². The molecular formula is C6H8N2O3. The second kappa shape index (κ2) is 2.61. The molecule has 5 heteroatoms. The van der Waals surface area contributed by atoms with Gasteiger partial charge in [0.2, 0.25) is 0 Å². The van der Waals surface area contributed by atoms with Crippen LogP contribution < -0.4 is 10.6 Å². The first kappa shape index (κ1) is 7.59. The third-order valence-electron chi connectivity index (χ3n) is 1.44. The highest BCUT2D eigenvalue weighted by Gasteiger charge is 2.18. The first-order valence-corrected chi connectivity index (χ1v) is 3.09. The van der Waals surface area contributed by atoms with E-state index in [1.54, 1.807) is 6.92 Å². The first-order chi connectivity index (χ1) is 5.11. The SMILES string of the molecule is CC1=C(C(=O)O)CNC(=O)N1. The zero-order valence-corrected chi connectivity index (χ0v) is 5.97. The van der Waals surface area contributed by atoms with Crippen LogP contribution in [0.4, 0.5) is 4.79 Å². The van der Waals surface area contributed by atoms with Crippen molar-refractivity contribution in [3.05, 3.63) is 11.3 Å². The van der Waals surface area contributed by atoms with Crippen LogP contribution in [-0.2, 0) is 4.79 Å². The van der Waals surface area contributed by atoms with E-state index >= 15 is 0 Å². The Kier molecular flexibility index (Phi) is 1.80. The molecule has 11 heavy (non-hydrogen) atoms. The van der Waals surface area contributed by atoms with Crippen LogP contribution in [0.2, 0.25) is 0 Å². The third-order valence-corrected chi connectivity index (χ3v) is 1.44. The van der Waals surface area contributed by atoms with Crippen LogP contribution in [0.5, 0.6) is 0 Å². The number of carboxylic acid groups (broad SMARTS) is 1. The smallest absolute Gasteiger partial charge is 0.335 e. The molecule has 0 bridgehead atoms. The maximum atomic E-state index is 10.6. The first-order valence-electron chi connectivity index (χ1n) is 3.09. The van der Waals surface area contributed by atoms with Gasteiger partial charge in [-0.05, 0) is 6.92 Å². The number of carboxylic acids is 1. The van der Waals surface area contributed by atoms with E-state index in [9.17, 15) is 9.59 Å². The van der Waals surface area contributed by atoms with Crippen LogP contribution >= 0.6 is 0 Å². The lowest BCUT2D eigenvalue weighted by Crippen LogP contribution is -2.42. The maximum Gasteiger partial charge on any atom is 0.335 e. The van der Waals surface area contributed by atoms with Crippen molar-refractivity contribution in [2.45, 2.75) is 6.92 Å². The highest BCUT2D eigenvalue weighted by atomic mass is 16.4. The zero-order valence-electron chi connectivity index (χ0n) is 5.97. The van der Waals surface area contributed by atoms with Gasteiger partial charge in [0.25, 0.3) is 0 Å². The molecular weight excluding hydrogens is 148 g/mol. The number of allylic oxidation sites excluding steroid dienone is 1. The number of hydrogen-bond acceptors (Lipinski definition) is 2. The van der Waals surface area contributed by atoms with E-state index in [0.717, 1.165) is 0 Å². The Morgan fingerprint density at radius 3 is 2.73 bits per heavy atom. The largest absolute Gasteiger partial charge is 0.478 e. The van der Waals surface area contributed by atoms with Crippen molar-refractivity contribution in [2.24, 2.45) is 0 Å². The Morgan fingerprint density at radius 1 is 1.64 bits per heavy atom. The lowest BCUT2D eigenvalue weighted by atomic mass is 10.2. The topological polar surface area (TPSA) is 78.4 Å². The molecule has 2 amide bonds. The summed E-state index contributed by atoms with van der Waals surface area (Å²) in [5.41, 5.74) is 0.603. The number of carbonyl (C=O) groups is 2. The molecule has 0 saturated carbocycles. The normalized spacial score (nSPS) is 17.4. The van der Waals surface area contributed by atoms with Crippen LogP contribution in [0.15, 0.2) is 11.3 Å².